The van der Waals surface area contributed by atoms with Crippen LogP contribution in [0.15, 0.2) is 16.3 Å². The number of hydrogen-bond acceptors (Lipinski definition) is 3. The van der Waals surface area contributed by atoms with Crippen molar-refractivity contribution < 1.29 is 4.79 Å². The normalized spacial score (nSPS) is 17.0. The van der Waals surface area contributed by atoms with Crippen LogP contribution >= 0.6 is 23.1 Å². The van der Waals surface area contributed by atoms with Gasteiger partial charge in [0.15, 0.2) is 5.78 Å². The molecule has 1 aromatic heterocycles. The van der Waals surface area contributed by atoms with Crippen LogP contribution in [0.4, 0.5) is 0 Å². The number of ketones is 1. The molecule has 0 unspecified atom stereocenters. The summed E-state index contributed by atoms with van der Waals surface area (Å²) in [5.74, 6) is 1.28. The van der Waals surface area contributed by atoms with Gasteiger partial charge in [-0.25, -0.2) is 0 Å². The molecule has 1 aliphatic heterocycles. The summed E-state index contributed by atoms with van der Waals surface area (Å²) in [6.07, 6.45) is 0.720. The molecule has 1 aliphatic rings. The minimum absolute atomic E-state index is 0.323. The van der Waals surface area contributed by atoms with E-state index in [1.54, 1.807) is 23.1 Å². The van der Waals surface area contributed by atoms with Gasteiger partial charge in [-0.3, -0.25) is 4.79 Å². The average Bonchev–Trinajstić information content (AvgIpc) is 2.36. The molecule has 1 aromatic rings. The molecule has 1 nitrogen and oxygen atoms in total. The molecule has 3 heteroatoms. The van der Waals surface area contributed by atoms with Crippen molar-refractivity contribution >= 4 is 28.9 Å². The number of hydrogen-bond donors (Lipinski definition) is 0. The monoisotopic (exact) mass is 170 g/mol. The zero-order valence-corrected chi connectivity index (χ0v) is 6.93. The van der Waals surface area contributed by atoms with Crippen LogP contribution in [-0.2, 0) is 0 Å². The van der Waals surface area contributed by atoms with E-state index in [0.717, 1.165) is 17.1 Å². The maximum absolute atomic E-state index is 11.1. The third-order valence-corrected chi connectivity index (χ3v) is 3.61. The number of thioether (sulfide) groups is 1. The zero-order valence-electron chi connectivity index (χ0n) is 5.29. The predicted octanol–water partition coefficient (Wildman–Crippen LogP) is 2.43. The van der Waals surface area contributed by atoms with Crippen molar-refractivity contribution in [3.8, 4) is 0 Å². The highest BCUT2D eigenvalue weighted by molar-refractivity contribution is 7.99. The summed E-state index contributed by atoms with van der Waals surface area (Å²) in [7, 11) is 0. The summed E-state index contributed by atoms with van der Waals surface area (Å²) >= 11 is 3.35. The van der Waals surface area contributed by atoms with Gasteiger partial charge in [-0.15, -0.1) is 23.1 Å². The van der Waals surface area contributed by atoms with Gasteiger partial charge in [-0.2, -0.15) is 0 Å². The maximum atomic E-state index is 11.1. The minimum Gasteiger partial charge on any atom is -0.293 e. The Morgan fingerprint density at radius 2 is 2.40 bits per heavy atom. The van der Waals surface area contributed by atoms with Gasteiger partial charge in [0.05, 0.1) is 4.88 Å². The number of carbonyl (C=O) groups is 1. The number of Topliss-reactive ketones (excluding diaryl/α,β-unsaturated/α-hetero) is 1. The Bertz CT molecular complexity index is 264. The molecule has 2 rings (SSSR count). The maximum Gasteiger partial charge on any atom is 0.174 e. The van der Waals surface area contributed by atoms with Crippen molar-refractivity contribution in [3.05, 3.63) is 16.3 Å². The summed E-state index contributed by atoms with van der Waals surface area (Å²) in [6, 6.07) is 2.03. The van der Waals surface area contributed by atoms with Gasteiger partial charge in [-0.1, -0.05) is 0 Å². The zero-order chi connectivity index (χ0) is 6.97. The molecular formula is C7H6OS2. The molecular weight excluding hydrogens is 164 g/mol. The smallest absolute Gasteiger partial charge is 0.174 e. The Hall–Kier alpha value is -0.280. The molecule has 0 aromatic carbocycles. The van der Waals surface area contributed by atoms with Crippen molar-refractivity contribution in [2.24, 2.45) is 0 Å². The molecule has 0 atom stereocenters. The Balaban J connectivity index is 2.50. The van der Waals surface area contributed by atoms with Crippen LogP contribution in [0.3, 0.4) is 0 Å². The Morgan fingerprint density at radius 1 is 1.50 bits per heavy atom. The number of fused-ring (bicyclic) bond motifs is 1. The third kappa shape index (κ3) is 0.896. The summed E-state index contributed by atoms with van der Waals surface area (Å²) in [4.78, 5) is 13.3. The van der Waals surface area contributed by atoms with E-state index >= 15 is 0 Å². The van der Waals surface area contributed by atoms with Crippen molar-refractivity contribution in [3.63, 3.8) is 0 Å². The Labute approximate surface area is 67.4 Å². The van der Waals surface area contributed by atoms with E-state index in [-0.39, 0.29) is 0 Å². The fourth-order valence-electron chi connectivity index (χ4n) is 0.982. The van der Waals surface area contributed by atoms with E-state index in [1.165, 1.54) is 4.90 Å². The fraction of sp³-hybridized carbons (Fsp3) is 0.286. The third-order valence-electron chi connectivity index (χ3n) is 1.47. The van der Waals surface area contributed by atoms with E-state index in [9.17, 15) is 4.79 Å². The minimum atomic E-state index is 0.323. The summed E-state index contributed by atoms with van der Waals surface area (Å²) in [6.45, 7) is 0. The van der Waals surface area contributed by atoms with Gasteiger partial charge >= 0.3 is 0 Å². The SMILES string of the molecule is O=C1CCSc2ccsc21. The predicted molar refractivity (Wildman–Crippen MR) is 44.0 cm³/mol. The lowest BCUT2D eigenvalue weighted by Gasteiger charge is -2.07. The second-order valence-electron chi connectivity index (χ2n) is 2.14. The van der Waals surface area contributed by atoms with Gasteiger partial charge < -0.3 is 0 Å². The lowest BCUT2D eigenvalue weighted by Crippen LogP contribution is -2.03. The first-order valence-corrected chi connectivity index (χ1v) is 4.98. The van der Waals surface area contributed by atoms with E-state index in [2.05, 4.69) is 0 Å². The van der Waals surface area contributed by atoms with Crippen LogP contribution in [0.25, 0.3) is 0 Å². The quantitative estimate of drug-likeness (QED) is 0.595. The van der Waals surface area contributed by atoms with Crippen molar-refractivity contribution in [2.45, 2.75) is 11.3 Å². The summed E-state index contributed by atoms with van der Waals surface area (Å²) in [5.41, 5.74) is 0. The molecule has 0 radical (unpaired) electrons. The molecule has 10 heavy (non-hydrogen) atoms. The molecule has 0 amide bonds. The Kier molecular flexibility index (Phi) is 1.54. The highest BCUT2D eigenvalue weighted by Crippen LogP contribution is 2.33. The molecule has 52 valence electrons. The van der Waals surface area contributed by atoms with E-state index in [0.29, 0.717) is 5.78 Å². The number of carbonyl (C=O) groups excluding carboxylic acids is 1. The number of rotatable bonds is 0. The van der Waals surface area contributed by atoms with E-state index < -0.39 is 0 Å². The molecule has 0 aliphatic carbocycles. The van der Waals surface area contributed by atoms with Gasteiger partial charge in [0.2, 0.25) is 0 Å². The first-order chi connectivity index (χ1) is 4.88. The molecule has 0 fully saturated rings. The van der Waals surface area contributed by atoms with Crippen LogP contribution < -0.4 is 0 Å². The van der Waals surface area contributed by atoms with Crippen molar-refractivity contribution in [1.29, 1.82) is 0 Å². The first kappa shape index (κ1) is 6.43. The van der Waals surface area contributed by atoms with Crippen LogP contribution in [0.1, 0.15) is 16.1 Å². The Morgan fingerprint density at radius 3 is 3.20 bits per heavy atom. The van der Waals surface area contributed by atoms with Crippen molar-refractivity contribution in [1.82, 2.24) is 0 Å². The van der Waals surface area contributed by atoms with Gasteiger partial charge in [0.25, 0.3) is 0 Å². The lowest BCUT2D eigenvalue weighted by atomic mass is 10.2. The lowest BCUT2D eigenvalue weighted by molar-refractivity contribution is 0.0989. The highest BCUT2D eigenvalue weighted by atomic mass is 32.2. The second-order valence-corrected chi connectivity index (χ2v) is 4.19. The highest BCUT2D eigenvalue weighted by Gasteiger charge is 2.17. The largest absolute Gasteiger partial charge is 0.293 e. The van der Waals surface area contributed by atoms with Gasteiger partial charge in [0, 0.05) is 17.1 Å². The number of thiophene rings is 1. The molecule has 0 spiro atoms. The van der Waals surface area contributed by atoms with E-state index in [4.69, 9.17) is 0 Å². The fourth-order valence-corrected chi connectivity index (χ4v) is 3.06. The standard InChI is InChI=1S/C7H6OS2/c8-5-1-3-9-6-2-4-10-7(5)6/h2,4H,1,3H2. The van der Waals surface area contributed by atoms with Crippen LogP contribution in [0.5, 0.6) is 0 Å². The van der Waals surface area contributed by atoms with Crippen LogP contribution in [-0.4, -0.2) is 11.5 Å². The molecule has 0 bridgehead atoms. The van der Waals surface area contributed by atoms with Crippen LogP contribution in [0.2, 0.25) is 0 Å². The summed E-state index contributed by atoms with van der Waals surface area (Å²) in [5, 5.41) is 1.99. The van der Waals surface area contributed by atoms with Crippen LogP contribution in [0, 0.1) is 0 Å². The molecule has 0 N–H and O–H groups in total. The molecule has 2 heterocycles. The van der Waals surface area contributed by atoms with Gasteiger partial charge in [0.1, 0.15) is 0 Å². The second kappa shape index (κ2) is 2.40. The first-order valence-electron chi connectivity index (χ1n) is 3.11. The molecule has 0 saturated carbocycles. The summed E-state index contributed by atoms with van der Waals surface area (Å²) < 4.78 is 0. The van der Waals surface area contributed by atoms with E-state index in [1.807, 2.05) is 11.4 Å². The van der Waals surface area contributed by atoms with Gasteiger partial charge in [-0.05, 0) is 11.4 Å². The van der Waals surface area contributed by atoms with Crippen molar-refractivity contribution in [2.75, 3.05) is 5.75 Å². The average molecular weight is 170 g/mol. The molecule has 0 saturated heterocycles. The topological polar surface area (TPSA) is 17.1 Å².